The summed E-state index contributed by atoms with van der Waals surface area (Å²) in [5.41, 5.74) is 11.8. The van der Waals surface area contributed by atoms with Gasteiger partial charge in [0.1, 0.15) is 5.82 Å². The molecule has 1 aliphatic carbocycles. The van der Waals surface area contributed by atoms with Gasteiger partial charge >= 0.3 is 0 Å². The lowest BCUT2D eigenvalue weighted by Gasteiger charge is -2.44. The van der Waals surface area contributed by atoms with E-state index in [9.17, 15) is 0 Å². The van der Waals surface area contributed by atoms with Gasteiger partial charge in [0.15, 0.2) is 17.5 Å². The van der Waals surface area contributed by atoms with E-state index in [-0.39, 0.29) is 16.2 Å². The first-order valence-corrected chi connectivity index (χ1v) is 18.7. The summed E-state index contributed by atoms with van der Waals surface area (Å²) in [6, 6.07) is 52.9. The van der Waals surface area contributed by atoms with E-state index in [2.05, 4.69) is 149 Å². The van der Waals surface area contributed by atoms with Crippen LogP contribution >= 0.6 is 0 Å². The highest BCUT2D eigenvalue weighted by molar-refractivity contribution is 5.87. The number of hydrogen-bond acceptors (Lipinski definition) is 4. The molecule has 5 heteroatoms. The molecule has 2 heterocycles. The SMILES string of the molecule is CC1(C)c2cc(-c3ccc(-c4nc5ccccc5n4-c4ccccc4)cc3)c(-c3nc(-c4ccccc4)nc(-c4ccccc4)n3)cc2C(C)(C)C1(C)C. The molecule has 5 nitrogen and oxygen atoms in total. The summed E-state index contributed by atoms with van der Waals surface area (Å²) in [7, 11) is 0. The van der Waals surface area contributed by atoms with E-state index in [1.807, 2.05) is 48.5 Å². The minimum absolute atomic E-state index is 0.0118. The number of rotatable bonds is 6. The molecule has 0 aliphatic heterocycles. The minimum atomic E-state index is -0.100. The van der Waals surface area contributed by atoms with Gasteiger partial charge in [0, 0.05) is 27.9 Å². The van der Waals surface area contributed by atoms with E-state index >= 15 is 0 Å². The maximum absolute atomic E-state index is 5.23. The monoisotopic (exact) mass is 701 g/mol. The Hall–Kier alpha value is -6.20. The van der Waals surface area contributed by atoms with E-state index in [0.29, 0.717) is 17.5 Å². The van der Waals surface area contributed by atoms with E-state index in [1.54, 1.807) is 0 Å². The molecule has 0 atom stereocenters. The van der Waals surface area contributed by atoms with Gasteiger partial charge in [-0.1, -0.05) is 157 Å². The summed E-state index contributed by atoms with van der Waals surface area (Å²) < 4.78 is 2.25. The van der Waals surface area contributed by atoms with Crippen LogP contribution < -0.4 is 0 Å². The number of hydrogen-bond donors (Lipinski definition) is 0. The molecule has 54 heavy (non-hydrogen) atoms. The standard InChI is InChI=1S/C49H43N5/c1-47(2)39-30-37(32-26-28-35(29-27-32)46-50-41-24-16-17-25-42(41)54(46)36-22-14-9-15-23-36)38(31-40(39)48(3,4)49(47,5)6)45-52-43(33-18-10-7-11-19-33)51-44(53-45)34-20-12-8-13-21-34/h7-31H,1-6H3. The molecule has 264 valence electrons. The minimum Gasteiger partial charge on any atom is -0.292 e. The lowest BCUT2D eigenvalue weighted by atomic mass is 9.59. The fourth-order valence-corrected chi connectivity index (χ4v) is 8.30. The highest BCUT2D eigenvalue weighted by Gasteiger charge is 2.57. The lowest BCUT2D eigenvalue weighted by Crippen LogP contribution is -2.42. The highest BCUT2D eigenvalue weighted by atomic mass is 15.1. The van der Waals surface area contributed by atoms with Crippen LogP contribution in [-0.4, -0.2) is 24.5 Å². The summed E-state index contributed by atoms with van der Waals surface area (Å²) in [5, 5.41) is 0. The molecule has 0 N–H and O–H groups in total. The predicted molar refractivity (Wildman–Crippen MR) is 221 cm³/mol. The Balaban J connectivity index is 1.27. The third kappa shape index (κ3) is 5.21. The second-order valence-electron chi connectivity index (χ2n) is 16.0. The van der Waals surface area contributed by atoms with Crippen LogP contribution in [0.15, 0.2) is 152 Å². The summed E-state index contributed by atoms with van der Waals surface area (Å²) in [6.45, 7) is 14.4. The second kappa shape index (κ2) is 12.4. The Bertz CT molecular complexity index is 2600. The van der Waals surface area contributed by atoms with Gasteiger partial charge in [-0.2, -0.15) is 0 Å². The van der Waals surface area contributed by atoms with E-state index in [1.165, 1.54) is 11.1 Å². The predicted octanol–water partition coefficient (Wildman–Crippen LogP) is 12.1. The molecule has 0 saturated heterocycles. The van der Waals surface area contributed by atoms with Gasteiger partial charge in [-0.3, -0.25) is 4.57 Å². The van der Waals surface area contributed by atoms with Crippen molar-refractivity contribution >= 4 is 11.0 Å². The van der Waals surface area contributed by atoms with Crippen LogP contribution in [0.3, 0.4) is 0 Å². The van der Waals surface area contributed by atoms with E-state index in [0.717, 1.165) is 55.9 Å². The van der Waals surface area contributed by atoms with Crippen LogP contribution in [0.25, 0.3) is 73.4 Å². The fraction of sp³-hybridized carbons (Fsp3) is 0.184. The first-order chi connectivity index (χ1) is 26.0. The summed E-state index contributed by atoms with van der Waals surface area (Å²) >= 11 is 0. The molecule has 8 aromatic rings. The van der Waals surface area contributed by atoms with Crippen molar-refractivity contribution in [2.24, 2.45) is 5.41 Å². The summed E-state index contributed by atoms with van der Waals surface area (Å²) in [5.74, 6) is 2.88. The largest absolute Gasteiger partial charge is 0.292 e. The van der Waals surface area contributed by atoms with Gasteiger partial charge in [-0.05, 0) is 74.9 Å². The Labute approximate surface area is 317 Å². The van der Waals surface area contributed by atoms with Crippen molar-refractivity contribution in [2.45, 2.75) is 52.4 Å². The van der Waals surface area contributed by atoms with Crippen molar-refractivity contribution < 1.29 is 0 Å². The number of aromatic nitrogens is 5. The van der Waals surface area contributed by atoms with E-state index < -0.39 is 0 Å². The molecule has 2 aromatic heterocycles. The van der Waals surface area contributed by atoms with E-state index in [4.69, 9.17) is 19.9 Å². The molecule has 0 radical (unpaired) electrons. The Morgan fingerprint density at radius 2 is 0.870 bits per heavy atom. The van der Waals surface area contributed by atoms with Crippen LogP contribution in [0.5, 0.6) is 0 Å². The maximum Gasteiger partial charge on any atom is 0.164 e. The van der Waals surface area contributed by atoms with Crippen LogP contribution in [0, 0.1) is 5.41 Å². The molecule has 0 amide bonds. The van der Waals surface area contributed by atoms with Crippen molar-refractivity contribution in [3.8, 4) is 62.4 Å². The maximum atomic E-state index is 5.23. The molecule has 0 fully saturated rings. The zero-order valence-corrected chi connectivity index (χ0v) is 31.7. The molecule has 0 saturated carbocycles. The average molecular weight is 702 g/mol. The van der Waals surface area contributed by atoms with Crippen molar-refractivity contribution in [1.82, 2.24) is 24.5 Å². The van der Waals surface area contributed by atoms with Crippen LogP contribution in [0.1, 0.15) is 52.7 Å². The van der Waals surface area contributed by atoms with Crippen molar-refractivity contribution in [1.29, 1.82) is 0 Å². The third-order valence-electron chi connectivity index (χ3n) is 12.6. The van der Waals surface area contributed by atoms with Crippen molar-refractivity contribution in [3.05, 3.63) is 163 Å². The van der Waals surface area contributed by atoms with Gasteiger partial charge in [-0.15, -0.1) is 0 Å². The zero-order chi connectivity index (χ0) is 37.2. The molecule has 1 aliphatic rings. The van der Waals surface area contributed by atoms with Crippen LogP contribution in [0.2, 0.25) is 0 Å². The quantitative estimate of drug-likeness (QED) is 0.173. The molecule has 0 bridgehead atoms. The van der Waals surface area contributed by atoms with Crippen LogP contribution in [0.4, 0.5) is 0 Å². The molecule has 9 rings (SSSR count). The first-order valence-electron chi connectivity index (χ1n) is 18.7. The highest BCUT2D eigenvalue weighted by Crippen LogP contribution is 2.62. The average Bonchev–Trinajstić information content (AvgIpc) is 3.64. The van der Waals surface area contributed by atoms with Crippen LogP contribution in [-0.2, 0) is 10.8 Å². The number of para-hydroxylation sites is 3. The molecular formula is C49H43N5. The Kier molecular flexibility index (Phi) is 7.75. The fourth-order valence-electron chi connectivity index (χ4n) is 8.30. The molecule has 6 aromatic carbocycles. The summed E-state index contributed by atoms with van der Waals surface area (Å²) in [6.07, 6.45) is 0. The zero-order valence-electron chi connectivity index (χ0n) is 31.7. The first kappa shape index (κ1) is 33.6. The Morgan fingerprint density at radius 3 is 1.44 bits per heavy atom. The topological polar surface area (TPSA) is 56.5 Å². The number of benzene rings is 6. The van der Waals surface area contributed by atoms with Gasteiger partial charge in [-0.25, -0.2) is 19.9 Å². The third-order valence-corrected chi connectivity index (χ3v) is 12.6. The second-order valence-corrected chi connectivity index (χ2v) is 16.0. The number of nitrogens with zero attached hydrogens (tertiary/aromatic N) is 5. The number of imidazole rings is 1. The molecule has 0 spiro atoms. The van der Waals surface area contributed by atoms with Gasteiger partial charge in [0.05, 0.1) is 11.0 Å². The van der Waals surface area contributed by atoms with Crippen molar-refractivity contribution in [2.75, 3.05) is 0 Å². The number of fused-ring (bicyclic) bond motifs is 2. The Morgan fingerprint density at radius 1 is 0.407 bits per heavy atom. The summed E-state index contributed by atoms with van der Waals surface area (Å²) in [4.78, 5) is 20.6. The van der Waals surface area contributed by atoms with Gasteiger partial charge < -0.3 is 0 Å². The molecular weight excluding hydrogens is 659 g/mol. The van der Waals surface area contributed by atoms with Gasteiger partial charge in [0.2, 0.25) is 0 Å². The normalized spacial score (nSPS) is 15.3. The lowest BCUT2D eigenvalue weighted by molar-refractivity contribution is 0.125. The van der Waals surface area contributed by atoms with Gasteiger partial charge in [0.25, 0.3) is 0 Å². The van der Waals surface area contributed by atoms with Crippen molar-refractivity contribution in [3.63, 3.8) is 0 Å². The molecule has 0 unspecified atom stereocenters. The smallest absolute Gasteiger partial charge is 0.164 e.